The van der Waals surface area contributed by atoms with E-state index in [1.54, 1.807) is 6.07 Å². The molecule has 0 spiro atoms. The van der Waals surface area contributed by atoms with E-state index in [4.69, 9.17) is 11.6 Å². The van der Waals surface area contributed by atoms with Crippen molar-refractivity contribution in [3.05, 3.63) is 34.9 Å². The second-order valence-corrected chi connectivity index (χ2v) is 4.53. The van der Waals surface area contributed by atoms with Crippen LogP contribution in [0.3, 0.4) is 0 Å². The molecule has 0 fully saturated rings. The van der Waals surface area contributed by atoms with E-state index < -0.39 is 0 Å². The third kappa shape index (κ3) is 3.34. The summed E-state index contributed by atoms with van der Waals surface area (Å²) < 4.78 is 0. The van der Waals surface area contributed by atoms with Crippen molar-refractivity contribution in [2.75, 3.05) is 0 Å². The molecular formula is C14H19ClO. The predicted molar refractivity (Wildman–Crippen MR) is 69.1 cm³/mol. The van der Waals surface area contributed by atoms with E-state index in [9.17, 15) is 4.79 Å². The quantitative estimate of drug-likeness (QED) is 0.655. The monoisotopic (exact) mass is 238 g/mol. The van der Waals surface area contributed by atoms with Crippen LogP contribution in [0.5, 0.6) is 0 Å². The fraction of sp³-hybridized carbons (Fsp3) is 0.500. The molecule has 2 heteroatoms. The van der Waals surface area contributed by atoms with Gasteiger partial charge >= 0.3 is 0 Å². The number of hydrogen-bond acceptors (Lipinski definition) is 1. The minimum absolute atomic E-state index is 0.134. The molecule has 0 saturated heterocycles. The zero-order valence-electron chi connectivity index (χ0n) is 10.0. The Labute approximate surface area is 103 Å². The van der Waals surface area contributed by atoms with Crippen LogP contribution in [0.25, 0.3) is 0 Å². The van der Waals surface area contributed by atoms with E-state index in [-0.39, 0.29) is 11.7 Å². The molecule has 0 aromatic heterocycles. The molecule has 0 unspecified atom stereocenters. The summed E-state index contributed by atoms with van der Waals surface area (Å²) >= 11 is 6.04. The molecule has 0 N–H and O–H groups in total. The van der Waals surface area contributed by atoms with Crippen LogP contribution < -0.4 is 0 Å². The van der Waals surface area contributed by atoms with Gasteiger partial charge in [0.15, 0.2) is 5.78 Å². The van der Waals surface area contributed by atoms with Gasteiger partial charge in [-0.3, -0.25) is 4.79 Å². The second kappa shape index (κ2) is 6.70. The molecule has 0 bridgehead atoms. The molecule has 1 rings (SSSR count). The lowest BCUT2D eigenvalue weighted by atomic mass is 9.90. The van der Waals surface area contributed by atoms with Gasteiger partial charge in [0.05, 0.1) is 5.02 Å². The Morgan fingerprint density at radius 2 is 1.75 bits per heavy atom. The lowest BCUT2D eigenvalue weighted by Crippen LogP contribution is -2.15. The van der Waals surface area contributed by atoms with Crippen molar-refractivity contribution < 1.29 is 4.79 Å². The van der Waals surface area contributed by atoms with Crippen LogP contribution in [-0.2, 0) is 0 Å². The minimum Gasteiger partial charge on any atom is -0.294 e. The molecule has 0 aliphatic carbocycles. The first-order valence-electron chi connectivity index (χ1n) is 5.99. The number of halogens is 1. The Balaban J connectivity index is 2.85. The molecule has 0 aliphatic rings. The van der Waals surface area contributed by atoms with Crippen LogP contribution in [0.4, 0.5) is 0 Å². The molecule has 88 valence electrons. The molecule has 0 radical (unpaired) electrons. The van der Waals surface area contributed by atoms with Gasteiger partial charge in [0.2, 0.25) is 0 Å². The Kier molecular flexibility index (Phi) is 5.54. The number of rotatable bonds is 6. The van der Waals surface area contributed by atoms with Crippen molar-refractivity contribution >= 4 is 17.4 Å². The highest BCUT2D eigenvalue weighted by atomic mass is 35.5. The highest BCUT2D eigenvalue weighted by molar-refractivity contribution is 6.34. The molecule has 0 amide bonds. The molecular weight excluding hydrogens is 220 g/mol. The molecule has 1 aromatic carbocycles. The zero-order valence-corrected chi connectivity index (χ0v) is 10.8. The summed E-state index contributed by atoms with van der Waals surface area (Å²) in [6.07, 6.45) is 4.00. The summed E-state index contributed by atoms with van der Waals surface area (Å²) in [5.74, 6) is 0.337. The van der Waals surface area contributed by atoms with Crippen molar-refractivity contribution in [1.29, 1.82) is 0 Å². The first-order chi connectivity index (χ1) is 7.70. The van der Waals surface area contributed by atoms with Gasteiger partial charge in [0.25, 0.3) is 0 Å². The second-order valence-electron chi connectivity index (χ2n) is 4.12. The molecule has 0 aliphatic heterocycles. The van der Waals surface area contributed by atoms with Gasteiger partial charge in [-0.25, -0.2) is 0 Å². The standard InChI is InChI=1S/C14H19ClO/c1-3-7-11(8-4-2)14(16)12-9-5-6-10-13(12)15/h5-6,9-11H,3-4,7-8H2,1-2H3. The Morgan fingerprint density at radius 3 is 2.25 bits per heavy atom. The largest absolute Gasteiger partial charge is 0.294 e. The average Bonchev–Trinajstić information content (AvgIpc) is 2.28. The van der Waals surface area contributed by atoms with Crippen LogP contribution in [-0.4, -0.2) is 5.78 Å². The number of carbonyl (C=O) groups excluding carboxylic acids is 1. The number of Topliss-reactive ketones (excluding diaryl/α,β-unsaturated/α-hetero) is 1. The number of benzene rings is 1. The first kappa shape index (κ1) is 13.2. The average molecular weight is 239 g/mol. The lowest BCUT2D eigenvalue weighted by Gasteiger charge is -2.14. The van der Waals surface area contributed by atoms with Crippen molar-refractivity contribution in [3.8, 4) is 0 Å². The highest BCUT2D eigenvalue weighted by Gasteiger charge is 2.19. The summed E-state index contributed by atoms with van der Waals surface area (Å²) in [4.78, 5) is 12.3. The van der Waals surface area contributed by atoms with Gasteiger partial charge in [-0.15, -0.1) is 0 Å². The normalized spacial score (nSPS) is 10.8. The third-order valence-corrected chi connectivity index (χ3v) is 3.11. The Bertz CT molecular complexity index is 340. The van der Waals surface area contributed by atoms with E-state index in [1.165, 1.54) is 0 Å². The van der Waals surface area contributed by atoms with Gasteiger partial charge in [-0.1, -0.05) is 50.4 Å². The lowest BCUT2D eigenvalue weighted by molar-refractivity contribution is 0.0905. The van der Waals surface area contributed by atoms with Gasteiger partial charge < -0.3 is 0 Å². The molecule has 0 saturated carbocycles. The molecule has 1 aromatic rings. The maximum Gasteiger partial charge on any atom is 0.167 e. The number of carbonyl (C=O) groups is 1. The minimum atomic E-state index is 0.134. The topological polar surface area (TPSA) is 17.1 Å². The van der Waals surface area contributed by atoms with E-state index in [0.29, 0.717) is 10.6 Å². The first-order valence-corrected chi connectivity index (χ1v) is 6.37. The van der Waals surface area contributed by atoms with Gasteiger partial charge in [-0.05, 0) is 25.0 Å². The number of hydrogen-bond donors (Lipinski definition) is 0. The SMILES string of the molecule is CCCC(CCC)C(=O)c1ccccc1Cl. The Hall–Kier alpha value is -0.820. The van der Waals surface area contributed by atoms with E-state index >= 15 is 0 Å². The maximum absolute atomic E-state index is 12.3. The van der Waals surface area contributed by atoms with Crippen molar-refractivity contribution in [2.45, 2.75) is 39.5 Å². The van der Waals surface area contributed by atoms with Crippen molar-refractivity contribution in [2.24, 2.45) is 5.92 Å². The molecule has 1 nitrogen and oxygen atoms in total. The maximum atomic E-state index is 12.3. The zero-order chi connectivity index (χ0) is 12.0. The summed E-state index contributed by atoms with van der Waals surface area (Å²) in [6.45, 7) is 4.23. The summed E-state index contributed by atoms with van der Waals surface area (Å²) in [7, 11) is 0. The van der Waals surface area contributed by atoms with Gasteiger partial charge in [0.1, 0.15) is 0 Å². The molecule has 0 heterocycles. The van der Waals surface area contributed by atoms with Crippen LogP contribution >= 0.6 is 11.6 Å². The van der Waals surface area contributed by atoms with E-state index in [2.05, 4.69) is 13.8 Å². The predicted octanol–water partition coefficient (Wildman–Crippen LogP) is 4.74. The van der Waals surface area contributed by atoms with Gasteiger partial charge in [-0.2, -0.15) is 0 Å². The number of ketones is 1. The summed E-state index contributed by atoms with van der Waals surface area (Å²) in [6, 6.07) is 7.33. The van der Waals surface area contributed by atoms with E-state index in [0.717, 1.165) is 25.7 Å². The smallest absolute Gasteiger partial charge is 0.167 e. The molecule has 16 heavy (non-hydrogen) atoms. The summed E-state index contributed by atoms with van der Waals surface area (Å²) in [5, 5.41) is 0.574. The fourth-order valence-electron chi connectivity index (χ4n) is 1.98. The van der Waals surface area contributed by atoms with Crippen LogP contribution in [0.15, 0.2) is 24.3 Å². The summed E-state index contributed by atoms with van der Waals surface area (Å²) in [5.41, 5.74) is 0.677. The van der Waals surface area contributed by atoms with Crippen LogP contribution in [0.2, 0.25) is 5.02 Å². The Morgan fingerprint density at radius 1 is 1.19 bits per heavy atom. The van der Waals surface area contributed by atoms with Crippen molar-refractivity contribution in [3.63, 3.8) is 0 Å². The van der Waals surface area contributed by atoms with E-state index in [1.807, 2.05) is 18.2 Å². The highest BCUT2D eigenvalue weighted by Crippen LogP contribution is 2.24. The van der Waals surface area contributed by atoms with Crippen LogP contribution in [0.1, 0.15) is 49.9 Å². The third-order valence-electron chi connectivity index (χ3n) is 2.78. The van der Waals surface area contributed by atoms with Crippen molar-refractivity contribution in [1.82, 2.24) is 0 Å². The fourth-order valence-corrected chi connectivity index (χ4v) is 2.21. The molecule has 0 atom stereocenters. The van der Waals surface area contributed by atoms with Gasteiger partial charge in [0, 0.05) is 11.5 Å². The van der Waals surface area contributed by atoms with Crippen LogP contribution in [0, 0.1) is 5.92 Å².